The van der Waals surface area contributed by atoms with Crippen LogP contribution in [-0.2, 0) is 6.42 Å². The maximum absolute atomic E-state index is 6.63. The number of benzene rings is 6. The Morgan fingerprint density at radius 2 is 1.20 bits per heavy atom. The second kappa shape index (κ2) is 13.2. The van der Waals surface area contributed by atoms with E-state index >= 15 is 0 Å². The molecular weight excluding hydrogens is 749 g/mol. The lowest BCUT2D eigenvalue weighted by Crippen LogP contribution is -2.15. The van der Waals surface area contributed by atoms with Crippen LogP contribution >= 0.6 is 0 Å². The maximum Gasteiger partial charge on any atom is 0.137 e. The van der Waals surface area contributed by atoms with Gasteiger partial charge < -0.3 is 23.8 Å². The third-order valence-electron chi connectivity index (χ3n) is 13.2. The Balaban J connectivity index is 1.03. The first-order valence-corrected chi connectivity index (χ1v) is 21.4. The zero-order valence-corrected chi connectivity index (χ0v) is 33.5. The first kappa shape index (κ1) is 34.3. The van der Waals surface area contributed by atoms with Gasteiger partial charge in [0.05, 0.1) is 33.5 Å². The van der Waals surface area contributed by atoms with Crippen molar-refractivity contribution in [1.82, 2.24) is 9.13 Å². The molecule has 0 fully saturated rings. The summed E-state index contributed by atoms with van der Waals surface area (Å²) in [6.07, 6.45) is 21.3. The Hall–Kier alpha value is -7.57. The number of allylic oxidation sites excluding steroid dienone is 9. The van der Waals surface area contributed by atoms with Crippen molar-refractivity contribution < 1.29 is 8.83 Å². The van der Waals surface area contributed by atoms with Gasteiger partial charge in [0, 0.05) is 66.7 Å². The van der Waals surface area contributed by atoms with E-state index in [-0.39, 0.29) is 0 Å². The molecule has 0 radical (unpaired) electrons. The quantitative estimate of drug-likeness (QED) is 0.107. The highest BCUT2D eigenvalue weighted by molar-refractivity contribution is 6.21. The molecule has 4 aromatic heterocycles. The van der Waals surface area contributed by atoms with Crippen molar-refractivity contribution in [3.8, 4) is 16.8 Å². The van der Waals surface area contributed by atoms with Crippen LogP contribution in [0.1, 0.15) is 43.4 Å². The van der Waals surface area contributed by atoms with Crippen molar-refractivity contribution in [1.29, 1.82) is 0 Å². The lowest BCUT2D eigenvalue weighted by Gasteiger charge is -2.21. The number of hydrazone groups is 1. The third-order valence-corrected chi connectivity index (χ3v) is 13.2. The fraction of sp³-hybridized carbons (Fsp3) is 0.109. The van der Waals surface area contributed by atoms with Gasteiger partial charge in [-0.2, -0.15) is 5.10 Å². The van der Waals surface area contributed by atoms with Crippen LogP contribution in [0.2, 0.25) is 0 Å². The van der Waals surface area contributed by atoms with E-state index in [2.05, 4.69) is 172 Å². The molecule has 10 aromatic rings. The predicted molar refractivity (Wildman–Crippen MR) is 253 cm³/mol. The first-order chi connectivity index (χ1) is 30.2. The van der Waals surface area contributed by atoms with Crippen molar-refractivity contribution in [2.45, 2.75) is 38.5 Å². The molecule has 0 spiro atoms. The van der Waals surface area contributed by atoms with Crippen LogP contribution < -0.4 is 5.84 Å². The van der Waals surface area contributed by atoms with Crippen LogP contribution in [0.15, 0.2) is 177 Å². The van der Waals surface area contributed by atoms with Gasteiger partial charge in [-0.25, -0.2) is 0 Å². The number of para-hydroxylation sites is 2. The fourth-order valence-corrected chi connectivity index (χ4v) is 10.4. The number of nitrogens with zero attached hydrogens (tertiary/aromatic N) is 3. The highest BCUT2D eigenvalue weighted by atomic mass is 16.3. The Labute approximate surface area is 351 Å². The summed E-state index contributed by atoms with van der Waals surface area (Å²) in [7, 11) is 0. The van der Waals surface area contributed by atoms with Crippen molar-refractivity contribution in [3.05, 3.63) is 174 Å². The lowest BCUT2D eigenvalue weighted by molar-refractivity contribution is 0.595. The van der Waals surface area contributed by atoms with Gasteiger partial charge in [-0.3, -0.25) is 0 Å². The summed E-state index contributed by atoms with van der Waals surface area (Å²) in [6.45, 7) is 0. The van der Waals surface area contributed by atoms with Crippen molar-refractivity contribution in [2.24, 2.45) is 10.9 Å². The smallest absolute Gasteiger partial charge is 0.137 e. The van der Waals surface area contributed by atoms with E-state index in [1.807, 2.05) is 0 Å². The number of rotatable bonds is 5. The minimum absolute atomic E-state index is 0.853. The molecule has 0 saturated carbocycles. The van der Waals surface area contributed by atoms with Crippen LogP contribution in [0.3, 0.4) is 0 Å². The van der Waals surface area contributed by atoms with Crippen LogP contribution in [0.4, 0.5) is 0 Å². The normalized spacial score (nSPS) is 15.8. The third kappa shape index (κ3) is 5.12. The standard InChI is InChI=1S/C55H40N4O2/c56-57-55(33-13-3-1-4-14-33)39-19-8-11-21-47(39)59-48-25-23-34(27-40(48)42-30-44-38-18-9-12-22-51(38)60-53(44)32-50(42)59)35-24-26-52-43(28-35)45-29-41-37-17-7-10-20-46(37)58(36-15-5-2-6-16-36)49(41)31-54(45)61-52/h2-3,5-7,10-17,20-32H,1,4,8-9,18-19,56H2/b57-55-. The summed E-state index contributed by atoms with van der Waals surface area (Å²) in [6, 6.07) is 42.0. The van der Waals surface area contributed by atoms with Gasteiger partial charge in [-0.05, 0) is 122 Å². The zero-order chi connectivity index (χ0) is 40.2. The average molecular weight is 789 g/mol. The summed E-state index contributed by atoms with van der Waals surface area (Å²) < 4.78 is 17.9. The predicted octanol–water partition coefficient (Wildman–Crippen LogP) is 14.3. The molecular formula is C55H40N4O2. The number of hydrogen-bond acceptors (Lipinski definition) is 4. The Morgan fingerprint density at radius 1 is 0.508 bits per heavy atom. The molecule has 13 rings (SSSR count). The van der Waals surface area contributed by atoms with E-state index < -0.39 is 0 Å². The summed E-state index contributed by atoms with van der Waals surface area (Å²) in [5, 5.41) is 12.7. The molecule has 6 nitrogen and oxygen atoms in total. The van der Waals surface area contributed by atoms with E-state index in [0.717, 1.165) is 128 Å². The van der Waals surface area contributed by atoms with Gasteiger partial charge in [-0.15, -0.1) is 0 Å². The second-order valence-corrected chi connectivity index (χ2v) is 16.6. The Kier molecular flexibility index (Phi) is 7.43. The van der Waals surface area contributed by atoms with E-state index in [1.165, 1.54) is 38.0 Å². The summed E-state index contributed by atoms with van der Waals surface area (Å²) >= 11 is 0. The van der Waals surface area contributed by atoms with E-state index in [1.54, 1.807) is 0 Å². The number of fused-ring (bicyclic) bond motifs is 12. The van der Waals surface area contributed by atoms with E-state index in [9.17, 15) is 0 Å². The topological polar surface area (TPSA) is 74.5 Å². The number of hydrogen-bond donors (Lipinski definition) is 1. The molecule has 0 bridgehead atoms. The van der Waals surface area contributed by atoms with Crippen LogP contribution in [-0.4, -0.2) is 14.8 Å². The minimum atomic E-state index is 0.853. The average Bonchev–Trinajstić information content (AvgIpc) is 4.05. The van der Waals surface area contributed by atoms with Crippen LogP contribution in [0.5, 0.6) is 0 Å². The van der Waals surface area contributed by atoms with Crippen molar-refractivity contribution in [2.75, 3.05) is 0 Å². The molecule has 0 saturated heterocycles. The maximum atomic E-state index is 6.63. The molecule has 0 unspecified atom stereocenters. The lowest BCUT2D eigenvalue weighted by atomic mass is 9.90. The Morgan fingerprint density at radius 3 is 2.07 bits per heavy atom. The van der Waals surface area contributed by atoms with E-state index in [4.69, 9.17) is 14.7 Å². The van der Waals surface area contributed by atoms with Gasteiger partial charge in [0.1, 0.15) is 22.5 Å². The largest absolute Gasteiger partial charge is 0.456 e. The zero-order valence-electron chi connectivity index (χ0n) is 33.5. The van der Waals surface area contributed by atoms with Crippen LogP contribution in [0.25, 0.3) is 105 Å². The first-order valence-electron chi connectivity index (χ1n) is 21.4. The molecule has 0 aliphatic heterocycles. The van der Waals surface area contributed by atoms with Crippen molar-refractivity contribution in [3.63, 3.8) is 0 Å². The summed E-state index contributed by atoms with van der Waals surface area (Å²) in [4.78, 5) is 0. The second-order valence-electron chi connectivity index (χ2n) is 16.6. The van der Waals surface area contributed by atoms with Gasteiger partial charge in [0.2, 0.25) is 0 Å². The highest BCUT2D eigenvalue weighted by Gasteiger charge is 2.25. The minimum Gasteiger partial charge on any atom is -0.456 e. The summed E-state index contributed by atoms with van der Waals surface area (Å²) in [5.74, 6) is 7.22. The molecule has 0 amide bonds. The van der Waals surface area contributed by atoms with Crippen molar-refractivity contribution >= 4 is 94.0 Å². The molecule has 6 aromatic carbocycles. The molecule has 6 heteroatoms. The molecule has 292 valence electrons. The molecule has 4 heterocycles. The highest BCUT2D eigenvalue weighted by Crippen LogP contribution is 2.44. The van der Waals surface area contributed by atoms with Gasteiger partial charge in [-0.1, -0.05) is 78.9 Å². The number of nitrogens with two attached hydrogens (primary N) is 1. The van der Waals surface area contributed by atoms with Crippen LogP contribution in [0, 0.1) is 0 Å². The molecule has 3 aliphatic rings. The molecule has 2 N–H and O–H groups in total. The number of furan rings is 2. The van der Waals surface area contributed by atoms with Gasteiger partial charge in [0.25, 0.3) is 0 Å². The van der Waals surface area contributed by atoms with Gasteiger partial charge >= 0.3 is 0 Å². The number of aryl methyl sites for hydroxylation is 1. The molecule has 3 aliphatic carbocycles. The summed E-state index contributed by atoms with van der Waals surface area (Å²) in [5.41, 5.74) is 16.2. The molecule has 61 heavy (non-hydrogen) atoms. The number of aromatic nitrogens is 2. The SMILES string of the molecule is N/N=C(/C1=CCCC=C1)C1=C(n2c3ccc(-c4ccc5oc6cc7c(cc6c5c4)c4ccccc4n7-c4ccccc4)cc3c3cc4c5c(oc4cc32)C=CCC5)C=CCC1. The monoisotopic (exact) mass is 788 g/mol. The molecule has 0 atom stereocenters. The van der Waals surface area contributed by atoms with Gasteiger partial charge in [0.15, 0.2) is 0 Å². The fourth-order valence-electron chi connectivity index (χ4n) is 10.4. The van der Waals surface area contributed by atoms with E-state index in [0.29, 0.717) is 0 Å². The Bertz CT molecular complexity index is 3700.